The van der Waals surface area contributed by atoms with Crippen molar-refractivity contribution in [3.8, 4) is 0 Å². The number of likely N-dealkylation sites (tertiary alicyclic amines) is 1. The predicted octanol–water partition coefficient (Wildman–Crippen LogP) is -1.27. The molecule has 7 heteroatoms. The van der Waals surface area contributed by atoms with Crippen LogP contribution in [0, 0.1) is 0 Å². The van der Waals surface area contributed by atoms with Gasteiger partial charge in [-0.05, 0) is 19.3 Å². The number of carbonyl (C=O) groups is 1. The molecule has 0 aliphatic carbocycles. The van der Waals surface area contributed by atoms with Crippen molar-refractivity contribution in [3.63, 3.8) is 0 Å². The van der Waals surface area contributed by atoms with Crippen LogP contribution in [0.15, 0.2) is 0 Å². The van der Waals surface area contributed by atoms with Crippen LogP contribution < -0.4 is 5.73 Å². The number of hydrogen-bond acceptors (Lipinski definition) is 5. The largest absolute Gasteiger partial charge is 0.394 e. The van der Waals surface area contributed by atoms with Crippen molar-refractivity contribution in [1.82, 2.24) is 4.90 Å². The van der Waals surface area contributed by atoms with Gasteiger partial charge in [-0.2, -0.15) is 0 Å². The molecule has 0 bridgehead atoms. The molecule has 1 rings (SSSR count). The third-order valence-electron chi connectivity index (χ3n) is 2.99. The Labute approximate surface area is 102 Å². The second kappa shape index (κ2) is 5.79. The quantitative estimate of drug-likeness (QED) is 0.645. The maximum Gasteiger partial charge on any atom is 0.239 e. The number of nitrogens with two attached hydrogens (primary N) is 1. The second-order valence-electron chi connectivity index (χ2n) is 4.54. The summed E-state index contributed by atoms with van der Waals surface area (Å²) in [4.78, 5) is 13.5. The normalized spacial score (nSPS) is 22.8. The standard InChI is InChI=1S/C10H20N2O4S/c1-17(15,16)6-4-9(11)10(14)12-5-2-3-8(12)7-13/h8-9,13H,2-7,11H2,1H3. The highest BCUT2D eigenvalue weighted by Crippen LogP contribution is 2.17. The average Bonchev–Trinajstić information content (AvgIpc) is 2.71. The van der Waals surface area contributed by atoms with Gasteiger partial charge in [0.25, 0.3) is 0 Å². The van der Waals surface area contributed by atoms with Crippen LogP contribution >= 0.6 is 0 Å². The van der Waals surface area contributed by atoms with E-state index < -0.39 is 15.9 Å². The Bertz CT molecular complexity index is 369. The Morgan fingerprint density at radius 2 is 2.24 bits per heavy atom. The van der Waals surface area contributed by atoms with Gasteiger partial charge in [-0.15, -0.1) is 0 Å². The van der Waals surface area contributed by atoms with Crippen molar-refractivity contribution in [2.24, 2.45) is 5.73 Å². The van der Waals surface area contributed by atoms with Gasteiger partial charge in [0.05, 0.1) is 24.4 Å². The van der Waals surface area contributed by atoms with Gasteiger partial charge in [-0.1, -0.05) is 0 Å². The molecule has 0 spiro atoms. The molecule has 2 atom stereocenters. The zero-order chi connectivity index (χ0) is 13.1. The zero-order valence-corrected chi connectivity index (χ0v) is 10.8. The molecule has 0 aromatic carbocycles. The first-order chi connectivity index (χ1) is 7.85. The van der Waals surface area contributed by atoms with E-state index >= 15 is 0 Å². The third-order valence-corrected chi connectivity index (χ3v) is 3.97. The molecule has 0 aromatic rings. The van der Waals surface area contributed by atoms with E-state index in [1.165, 1.54) is 0 Å². The third kappa shape index (κ3) is 4.25. The number of rotatable bonds is 5. The van der Waals surface area contributed by atoms with Gasteiger partial charge in [0, 0.05) is 12.8 Å². The highest BCUT2D eigenvalue weighted by atomic mass is 32.2. The van der Waals surface area contributed by atoms with Crippen molar-refractivity contribution < 1.29 is 18.3 Å². The molecule has 17 heavy (non-hydrogen) atoms. The van der Waals surface area contributed by atoms with Crippen LogP contribution in [0.1, 0.15) is 19.3 Å². The molecule has 3 N–H and O–H groups in total. The van der Waals surface area contributed by atoms with Gasteiger partial charge in [0.15, 0.2) is 0 Å². The van der Waals surface area contributed by atoms with Gasteiger partial charge < -0.3 is 15.7 Å². The van der Waals surface area contributed by atoms with E-state index in [1.807, 2.05) is 0 Å². The van der Waals surface area contributed by atoms with E-state index in [0.717, 1.165) is 19.1 Å². The fourth-order valence-electron chi connectivity index (χ4n) is 1.99. The minimum absolute atomic E-state index is 0.0649. The van der Waals surface area contributed by atoms with E-state index in [4.69, 9.17) is 10.8 Å². The smallest absolute Gasteiger partial charge is 0.239 e. The van der Waals surface area contributed by atoms with Gasteiger partial charge in [0.2, 0.25) is 5.91 Å². The van der Waals surface area contributed by atoms with Gasteiger partial charge in [0.1, 0.15) is 9.84 Å². The second-order valence-corrected chi connectivity index (χ2v) is 6.80. The Morgan fingerprint density at radius 1 is 1.59 bits per heavy atom. The summed E-state index contributed by atoms with van der Waals surface area (Å²) >= 11 is 0. The van der Waals surface area contributed by atoms with E-state index in [-0.39, 0.29) is 30.7 Å². The summed E-state index contributed by atoms with van der Waals surface area (Å²) < 4.78 is 22.0. The van der Waals surface area contributed by atoms with Crippen LogP contribution in [0.5, 0.6) is 0 Å². The number of carbonyl (C=O) groups excluding carboxylic acids is 1. The molecular weight excluding hydrogens is 244 g/mol. The van der Waals surface area contributed by atoms with E-state index in [1.54, 1.807) is 4.90 Å². The molecule has 2 unspecified atom stereocenters. The zero-order valence-electron chi connectivity index (χ0n) is 10.0. The maximum atomic E-state index is 11.9. The maximum absolute atomic E-state index is 11.9. The molecule has 6 nitrogen and oxygen atoms in total. The Kier molecular flexibility index (Phi) is 4.91. The monoisotopic (exact) mass is 264 g/mol. The number of hydrogen-bond donors (Lipinski definition) is 2. The van der Waals surface area contributed by atoms with Crippen molar-refractivity contribution in [2.75, 3.05) is 25.2 Å². The number of aliphatic hydroxyl groups excluding tert-OH is 1. The first-order valence-electron chi connectivity index (χ1n) is 5.70. The first kappa shape index (κ1) is 14.4. The molecular formula is C10H20N2O4S. The lowest BCUT2D eigenvalue weighted by Gasteiger charge is -2.26. The predicted molar refractivity (Wildman–Crippen MR) is 64.1 cm³/mol. The number of nitrogens with zero attached hydrogens (tertiary/aromatic N) is 1. The summed E-state index contributed by atoms with van der Waals surface area (Å²) in [5, 5.41) is 9.10. The SMILES string of the molecule is CS(=O)(=O)CCC(N)C(=O)N1CCCC1CO. The molecule has 1 aliphatic rings. The van der Waals surface area contributed by atoms with E-state index in [2.05, 4.69) is 0 Å². The molecule has 0 saturated carbocycles. The van der Waals surface area contributed by atoms with Gasteiger partial charge in [-0.25, -0.2) is 8.42 Å². The molecule has 100 valence electrons. The molecule has 1 heterocycles. The summed E-state index contributed by atoms with van der Waals surface area (Å²) in [6.45, 7) is 0.529. The van der Waals surface area contributed by atoms with Crippen LogP contribution in [0.4, 0.5) is 0 Å². The number of sulfone groups is 1. The number of amides is 1. The van der Waals surface area contributed by atoms with Crippen LogP contribution in [0.2, 0.25) is 0 Å². The molecule has 1 aliphatic heterocycles. The van der Waals surface area contributed by atoms with Crippen molar-refractivity contribution >= 4 is 15.7 Å². The van der Waals surface area contributed by atoms with Crippen LogP contribution in [-0.4, -0.2) is 61.6 Å². The van der Waals surface area contributed by atoms with Crippen molar-refractivity contribution in [2.45, 2.75) is 31.3 Å². The number of aliphatic hydroxyl groups is 1. The van der Waals surface area contributed by atoms with E-state index in [9.17, 15) is 13.2 Å². The summed E-state index contributed by atoms with van der Waals surface area (Å²) in [6.07, 6.45) is 2.89. The highest BCUT2D eigenvalue weighted by Gasteiger charge is 2.31. The first-order valence-corrected chi connectivity index (χ1v) is 7.76. The van der Waals surface area contributed by atoms with Crippen molar-refractivity contribution in [3.05, 3.63) is 0 Å². The molecule has 0 aromatic heterocycles. The Morgan fingerprint density at radius 3 is 2.76 bits per heavy atom. The minimum atomic E-state index is -3.10. The average molecular weight is 264 g/mol. The molecule has 1 saturated heterocycles. The highest BCUT2D eigenvalue weighted by molar-refractivity contribution is 7.90. The van der Waals surface area contributed by atoms with Gasteiger partial charge >= 0.3 is 0 Å². The topological polar surface area (TPSA) is 101 Å². The molecule has 1 amide bonds. The molecule has 1 fully saturated rings. The van der Waals surface area contributed by atoms with Crippen LogP contribution in [0.3, 0.4) is 0 Å². The summed E-state index contributed by atoms with van der Waals surface area (Å²) in [6, 6.07) is -0.955. The molecule has 0 radical (unpaired) electrons. The fraction of sp³-hybridized carbons (Fsp3) is 0.900. The summed E-state index contributed by atoms with van der Waals surface area (Å²) in [7, 11) is -3.10. The van der Waals surface area contributed by atoms with Crippen LogP contribution in [0.25, 0.3) is 0 Å². The Balaban J connectivity index is 2.51. The van der Waals surface area contributed by atoms with Crippen LogP contribution in [-0.2, 0) is 14.6 Å². The minimum Gasteiger partial charge on any atom is -0.394 e. The lowest BCUT2D eigenvalue weighted by Crippen LogP contribution is -2.47. The summed E-state index contributed by atoms with van der Waals surface area (Å²) in [5.74, 6) is -0.345. The fourth-order valence-corrected chi connectivity index (χ4v) is 2.68. The summed E-state index contributed by atoms with van der Waals surface area (Å²) in [5.41, 5.74) is 5.68. The van der Waals surface area contributed by atoms with Crippen molar-refractivity contribution in [1.29, 1.82) is 0 Å². The van der Waals surface area contributed by atoms with Gasteiger partial charge in [-0.3, -0.25) is 4.79 Å². The lowest BCUT2D eigenvalue weighted by atomic mass is 10.2. The van der Waals surface area contributed by atoms with E-state index in [0.29, 0.717) is 6.54 Å². The lowest BCUT2D eigenvalue weighted by molar-refractivity contribution is -0.134. The Hall–Kier alpha value is -0.660.